The molecule has 1 aliphatic heterocycles. The van der Waals surface area contributed by atoms with E-state index in [1.807, 2.05) is 48.5 Å². The van der Waals surface area contributed by atoms with Gasteiger partial charge in [0.15, 0.2) is 0 Å². The number of hydrogen-bond donors (Lipinski definition) is 1. The van der Waals surface area contributed by atoms with Crippen molar-refractivity contribution >= 4 is 22.5 Å². The third kappa shape index (κ3) is 3.68. The fraction of sp³-hybridized carbons (Fsp3) is 0.238. The standard InChI is InChI=1S/C21H20N2O3/c24-21(19-10-1-5-15-6-3-11-22-20(15)19)23-16-7-2-8-17(13-16)26-14-18-9-4-12-25-18/h1-3,5-8,10-11,13,18H,4,9,12,14H2,(H,23,24)/t18-/m1/s1. The van der Waals surface area contributed by atoms with Crippen molar-refractivity contribution < 1.29 is 14.3 Å². The van der Waals surface area contributed by atoms with Crippen LogP contribution in [-0.4, -0.2) is 30.2 Å². The molecule has 0 aliphatic carbocycles. The van der Waals surface area contributed by atoms with E-state index in [2.05, 4.69) is 10.3 Å². The Morgan fingerprint density at radius 3 is 2.96 bits per heavy atom. The number of nitrogens with zero attached hydrogens (tertiary/aromatic N) is 1. The van der Waals surface area contributed by atoms with Crippen LogP contribution >= 0.6 is 0 Å². The van der Waals surface area contributed by atoms with E-state index < -0.39 is 0 Å². The normalized spacial score (nSPS) is 16.5. The van der Waals surface area contributed by atoms with E-state index in [0.29, 0.717) is 29.1 Å². The number of ether oxygens (including phenoxy) is 2. The second-order valence-electron chi connectivity index (χ2n) is 6.31. The smallest absolute Gasteiger partial charge is 0.257 e. The molecule has 2 heterocycles. The number of para-hydroxylation sites is 1. The molecular formula is C21H20N2O3. The summed E-state index contributed by atoms with van der Waals surface area (Å²) in [6, 6.07) is 16.8. The third-order valence-corrected chi connectivity index (χ3v) is 4.43. The highest BCUT2D eigenvalue weighted by Gasteiger charge is 2.16. The van der Waals surface area contributed by atoms with Gasteiger partial charge in [0.25, 0.3) is 5.91 Å². The predicted octanol–water partition coefficient (Wildman–Crippen LogP) is 4.04. The summed E-state index contributed by atoms with van der Waals surface area (Å²) in [7, 11) is 0. The lowest BCUT2D eigenvalue weighted by Gasteiger charge is -2.13. The molecule has 0 spiro atoms. The molecule has 1 aromatic heterocycles. The largest absolute Gasteiger partial charge is 0.491 e. The summed E-state index contributed by atoms with van der Waals surface area (Å²) in [4.78, 5) is 17.0. The topological polar surface area (TPSA) is 60.5 Å². The van der Waals surface area contributed by atoms with Crippen molar-refractivity contribution in [3.8, 4) is 5.75 Å². The van der Waals surface area contributed by atoms with Gasteiger partial charge >= 0.3 is 0 Å². The van der Waals surface area contributed by atoms with Gasteiger partial charge in [0, 0.05) is 29.9 Å². The molecule has 1 atom stereocenters. The van der Waals surface area contributed by atoms with Crippen LogP contribution in [0.15, 0.2) is 60.8 Å². The number of aromatic nitrogens is 1. The first-order chi connectivity index (χ1) is 12.8. The van der Waals surface area contributed by atoms with Crippen LogP contribution in [0.25, 0.3) is 10.9 Å². The van der Waals surface area contributed by atoms with Crippen LogP contribution in [0.5, 0.6) is 5.75 Å². The maximum Gasteiger partial charge on any atom is 0.257 e. The maximum atomic E-state index is 12.7. The van der Waals surface area contributed by atoms with Gasteiger partial charge in [0.05, 0.1) is 17.2 Å². The molecule has 1 fully saturated rings. The van der Waals surface area contributed by atoms with Crippen LogP contribution in [-0.2, 0) is 4.74 Å². The van der Waals surface area contributed by atoms with Crippen molar-refractivity contribution in [2.45, 2.75) is 18.9 Å². The Balaban J connectivity index is 1.47. The summed E-state index contributed by atoms with van der Waals surface area (Å²) in [6.45, 7) is 1.34. The highest BCUT2D eigenvalue weighted by Crippen LogP contribution is 2.22. The van der Waals surface area contributed by atoms with E-state index in [4.69, 9.17) is 9.47 Å². The predicted molar refractivity (Wildman–Crippen MR) is 101 cm³/mol. The molecule has 1 aliphatic rings. The van der Waals surface area contributed by atoms with Gasteiger partial charge in [-0.1, -0.05) is 24.3 Å². The second-order valence-corrected chi connectivity index (χ2v) is 6.31. The Morgan fingerprint density at radius 1 is 1.19 bits per heavy atom. The van der Waals surface area contributed by atoms with Crippen molar-refractivity contribution in [3.05, 3.63) is 66.4 Å². The molecule has 1 saturated heterocycles. The Bertz CT molecular complexity index is 915. The molecule has 3 aromatic rings. The molecule has 0 bridgehead atoms. The van der Waals surface area contributed by atoms with Crippen molar-refractivity contribution in [2.24, 2.45) is 0 Å². The number of amides is 1. The van der Waals surface area contributed by atoms with E-state index in [1.54, 1.807) is 12.3 Å². The van der Waals surface area contributed by atoms with E-state index in [1.165, 1.54) is 0 Å². The first-order valence-corrected chi connectivity index (χ1v) is 8.79. The van der Waals surface area contributed by atoms with E-state index in [-0.39, 0.29) is 12.0 Å². The number of hydrogen-bond acceptors (Lipinski definition) is 4. The monoisotopic (exact) mass is 348 g/mol. The van der Waals surface area contributed by atoms with Gasteiger partial charge in [-0.05, 0) is 37.1 Å². The van der Waals surface area contributed by atoms with Crippen LogP contribution in [0, 0.1) is 0 Å². The summed E-state index contributed by atoms with van der Waals surface area (Å²) in [6.07, 6.45) is 3.97. The molecule has 132 valence electrons. The fourth-order valence-corrected chi connectivity index (χ4v) is 3.11. The molecule has 26 heavy (non-hydrogen) atoms. The van der Waals surface area contributed by atoms with E-state index >= 15 is 0 Å². The van der Waals surface area contributed by atoms with Gasteiger partial charge in [-0.15, -0.1) is 0 Å². The van der Waals surface area contributed by atoms with Gasteiger partial charge < -0.3 is 14.8 Å². The summed E-state index contributed by atoms with van der Waals surface area (Å²) >= 11 is 0. The first kappa shape index (κ1) is 16.5. The molecule has 0 unspecified atom stereocenters. The van der Waals surface area contributed by atoms with Gasteiger partial charge in [-0.25, -0.2) is 0 Å². The highest BCUT2D eigenvalue weighted by atomic mass is 16.5. The lowest BCUT2D eigenvalue weighted by atomic mass is 10.1. The molecule has 5 nitrogen and oxygen atoms in total. The Morgan fingerprint density at radius 2 is 2.08 bits per heavy atom. The molecule has 5 heteroatoms. The average Bonchev–Trinajstić information content (AvgIpc) is 3.20. The van der Waals surface area contributed by atoms with Crippen LogP contribution in [0.2, 0.25) is 0 Å². The lowest BCUT2D eigenvalue weighted by molar-refractivity contribution is 0.0680. The Labute approximate surface area is 152 Å². The Kier molecular flexibility index (Phi) is 4.80. The van der Waals surface area contributed by atoms with Gasteiger partial charge in [-0.2, -0.15) is 0 Å². The lowest BCUT2D eigenvalue weighted by Crippen LogP contribution is -2.16. The van der Waals surface area contributed by atoms with Crippen LogP contribution < -0.4 is 10.1 Å². The van der Waals surface area contributed by atoms with E-state index in [0.717, 1.165) is 24.8 Å². The van der Waals surface area contributed by atoms with E-state index in [9.17, 15) is 4.79 Å². The quantitative estimate of drug-likeness (QED) is 0.756. The molecular weight excluding hydrogens is 328 g/mol. The van der Waals surface area contributed by atoms with Crippen LogP contribution in [0.4, 0.5) is 5.69 Å². The summed E-state index contributed by atoms with van der Waals surface area (Å²) in [5, 5.41) is 3.87. The summed E-state index contributed by atoms with van der Waals surface area (Å²) in [5.41, 5.74) is 1.93. The zero-order chi connectivity index (χ0) is 17.8. The number of benzene rings is 2. The minimum Gasteiger partial charge on any atom is -0.491 e. The van der Waals surface area contributed by atoms with Crippen LogP contribution in [0.3, 0.4) is 0 Å². The first-order valence-electron chi connectivity index (χ1n) is 8.79. The molecule has 0 saturated carbocycles. The van der Waals surface area contributed by atoms with Gasteiger partial charge in [-0.3, -0.25) is 9.78 Å². The van der Waals surface area contributed by atoms with Gasteiger partial charge in [0.2, 0.25) is 0 Å². The van der Waals surface area contributed by atoms with Crippen molar-refractivity contribution in [1.82, 2.24) is 4.98 Å². The van der Waals surface area contributed by atoms with Crippen molar-refractivity contribution in [3.63, 3.8) is 0 Å². The zero-order valence-electron chi connectivity index (χ0n) is 14.4. The molecule has 1 amide bonds. The number of nitrogens with one attached hydrogen (secondary N) is 1. The number of rotatable bonds is 5. The minimum atomic E-state index is -0.189. The second kappa shape index (κ2) is 7.54. The number of carbonyl (C=O) groups is 1. The molecule has 1 N–H and O–H groups in total. The molecule has 0 radical (unpaired) electrons. The Hall–Kier alpha value is -2.92. The summed E-state index contributed by atoms with van der Waals surface area (Å²) in [5.74, 6) is 0.528. The fourth-order valence-electron chi connectivity index (χ4n) is 3.11. The van der Waals surface area contributed by atoms with Gasteiger partial charge in [0.1, 0.15) is 12.4 Å². The highest BCUT2D eigenvalue weighted by molar-refractivity contribution is 6.11. The molecule has 4 rings (SSSR count). The number of carbonyl (C=O) groups excluding carboxylic acids is 1. The minimum absolute atomic E-state index is 0.162. The number of fused-ring (bicyclic) bond motifs is 1. The van der Waals surface area contributed by atoms with Crippen molar-refractivity contribution in [1.29, 1.82) is 0 Å². The molecule has 2 aromatic carbocycles. The summed E-state index contributed by atoms with van der Waals surface area (Å²) < 4.78 is 11.4. The zero-order valence-corrected chi connectivity index (χ0v) is 14.4. The SMILES string of the molecule is O=C(Nc1cccc(OC[C@H]2CCCO2)c1)c1cccc2cccnc12. The average molecular weight is 348 g/mol. The van der Waals surface area contributed by atoms with Crippen LogP contribution in [0.1, 0.15) is 23.2 Å². The van der Waals surface area contributed by atoms with Crippen molar-refractivity contribution in [2.75, 3.05) is 18.5 Å². The third-order valence-electron chi connectivity index (χ3n) is 4.43. The maximum absolute atomic E-state index is 12.7. The number of anilines is 1. The number of pyridine rings is 1.